The number of hydrogen-bond donors (Lipinski definition) is 1. The van der Waals surface area contributed by atoms with Crippen molar-refractivity contribution >= 4 is 11.7 Å². The molecular weight excluding hydrogens is 144 g/mol. The SMILES string of the molecule is C#CC1CNN=C1C(=O)OC. The largest absolute Gasteiger partial charge is 0.464 e. The van der Waals surface area contributed by atoms with Gasteiger partial charge in [-0.1, -0.05) is 5.92 Å². The number of rotatable bonds is 1. The Labute approximate surface area is 64.6 Å². The molecule has 1 aliphatic heterocycles. The van der Waals surface area contributed by atoms with E-state index in [9.17, 15) is 4.79 Å². The van der Waals surface area contributed by atoms with E-state index >= 15 is 0 Å². The standard InChI is InChI=1S/C7H8N2O2/c1-3-5-4-8-9-6(5)7(10)11-2/h1,5,8H,4H2,2H3. The van der Waals surface area contributed by atoms with E-state index < -0.39 is 5.97 Å². The average Bonchev–Trinajstić information content (AvgIpc) is 2.50. The predicted octanol–water partition coefficient (Wildman–Crippen LogP) is -0.632. The Bertz CT molecular complexity index is 239. The Morgan fingerprint density at radius 1 is 2.00 bits per heavy atom. The summed E-state index contributed by atoms with van der Waals surface area (Å²) >= 11 is 0. The Morgan fingerprint density at radius 2 is 2.73 bits per heavy atom. The van der Waals surface area contributed by atoms with Crippen LogP contribution in [0.15, 0.2) is 5.10 Å². The lowest BCUT2D eigenvalue weighted by Gasteiger charge is -2.00. The highest BCUT2D eigenvalue weighted by molar-refractivity contribution is 6.38. The van der Waals surface area contributed by atoms with Crippen molar-refractivity contribution in [3.8, 4) is 12.3 Å². The quantitative estimate of drug-likeness (QED) is 0.402. The van der Waals surface area contributed by atoms with Gasteiger partial charge in [-0.2, -0.15) is 5.10 Å². The molecule has 4 nitrogen and oxygen atoms in total. The maximum absolute atomic E-state index is 10.9. The molecular formula is C7H8N2O2. The molecule has 0 aromatic carbocycles. The minimum absolute atomic E-state index is 0.248. The van der Waals surface area contributed by atoms with Gasteiger partial charge in [0.15, 0.2) is 5.71 Å². The van der Waals surface area contributed by atoms with Crippen molar-refractivity contribution in [1.29, 1.82) is 0 Å². The van der Waals surface area contributed by atoms with Crippen LogP contribution in [0.2, 0.25) is 0 Å². The minimum Gasteiger partial charge on any atom is -0.464 e. The van der Waals surface area contributed by atoms with Crippen LogP contribution in [0.25, 0.3) is 0 Å². The lowest BCUT2D eigenvalue weighted by molar-refractivity contribution is -0.132. The number of hydrogen-bond acceptors (Lipinski definition) is 4. The summed E-state index contributed by atoms with van der Waals surface area (Å²) in [6, 6.07) is 0. The lowest BCUT2D eigenvalue weighted by Crippen LogP contribution is -2.22. The summed E-state index contributed by atoms with van der Waals surface area (Å²) in [6.45, 7) is 0.515. The minimum atomic E-state index is -0.460. The van der Waals surface area contributed by atoms with Crippen LogP contribution in [-0.4, -0.2) is 25.3 Å². The lowest BCUT2D eigenvalue weighted by atomic mass is 10.1. The monoisotopic (exact) mass is 152 g/mol. The van der Waals surface area contributed by atoms with Gasteiger partial charge < -0.3 is 10.2 Å². The van der Waals surface area contributed by atoms with E-state index in [-0.39, 0.29) is 11.6 Å². The highest BCUT2D eigenvalue weighted by atomic mass is 16.5. The number of nitrogens with one attached hydrogen (secondary N) is 1. The van der Waals surface area contributed by atoms with E-state index in [1.807, 2.05) is 0 Å². The van der Waals surface area contributed by atoms with E-state index in [1.165, 1.54) is 7.11 Å². The Hall–Kier alpha value is -1.50. The average molecular weight is 152 g/mol. The second-order valence-corrected chi connectivity index (χ2v) is 2.07. The summed E-state index contributed by atoms with van der Waals surface area (Å²) in [5, 5.41) is 3.71. The number of carbonyl (C=O) groups is 1. The molecule has 0 amide bonds. The zero-order valence-corrected chi connectivity index (χ0v) is 6.13. The Kier molecular flexibility index (Phi) is 2.12. The van der Waals surface area contributed by atoms with Crippen LogP contribution in [0.1, 0.15) is 0 Å². The van der Waals surface area contributed by atoms with Crippen molar-refractivity contribution in [2.45, 2.75) is 0 Å². The molecule has 1 heterocycles. The van der Waals surface area contributed by atoms with Crippen molar-refractivity contribution in [3.63, 3.8) is 0 Å². The normalized spacial score (nSPS) is 21.5. The van der Waals surface area contributed by atoms with Gasteiger partial charge >= 0.3 is 5.97 Å². The smallest absolute Gasteiger partial charge is 0.355 e. The molecule has 0 aliphatic carbocycles. The van der Waals surface area contributed by atoms with Gasteiger partial charge in [0, 0.05) is 0 Å². The number of carbonyl (C=O) groups excluding carboxylic acids is 1. The Morgan fingerprint density at radius 3 is 3.27 bits per heavy atom. The summed E-state index contributed by atoms with van der Waals surface area (Å²) in [4.78, 5) is 10.9. The molecule has 4 heteroatoms. The molecule has 0 aromatic heterocycles. The van der Waals surface area contributed by atoms with Crippen molar-refractivity contribution in [1.82, 2.24) is 5.43 Å². The molecule has 0 fully saturated rings. The van der Waals surface area contributed by atoms with Crippen LogP contribution in [0.5, 0.6) is 0 Å². The van der Waals surface area contributed by atoms with Gasteiger partial charge in [-0.05, 0) is 0 Å². The highest BCUT2D eigenvalue weighted by Gasteiger charge is 2.25. The fraction of sp³-hybridized carbons (Fsp3) is 0.429. The number of methoxy groups -OCH3 is 1. The first-order chi connectivity index (χ1) is 5.29. The zero-order chi connectivity index (χ0) is 8.27. The van der Waals surface area contributed by atoms with Gasteiger partial charge in [-0.25, -0.2) is 4.79 Å². The van der Waals surface area contributed by atoms with Gasteiger partial charge in [0.1, 0.15) is 0 Å². The molecule has 0 aromatic rings. The van der Waals surface area contributed by atoms with E-state index in [0.29, 0.717) is 6.54 Å². The summed E-state index contributed by atoms with van der Waals surface area (Å²) < 4.78 is 4.46. The first-order valence-electron chi connectivity index (χ1n) is 3.14. The van der Waals surface area contributed by atoms with Crippen LogP contribution in [0.4, 0.5) is 0 Å². The number of nitrogens with zero attached hydrogens (tertiary/aromatic N) is 1. The van der Waals surface area contributed by atoms with Crippen molar-refractivity contribution in [3.05, 3.63) is 0 Å². The third kappa shape index (κ3) is 1.32. The maximum Gasteiger partial charge on any atom is 0.355 e. The molecule has 0 bridgehead atoms. The van der Waals surface area contributed by atoms with Crippen LogP contribution in [0.3, 0.4) is 0 Å². The summed E-state index contributed by atoms with van der Waals surface area (Å²) in [6.07, 6.45) is 5.14. The van der Waals surface area contributed by atoms with Crippen LogP contribution >= 0.6 is 0 Å². The topological polar surface area (TPSA) is 50.7 Å². The third-order valence-electron chi connectivity index (χ3n) is 1.42. The predicted molar refractivity (Wildman–Crippen MR) is 39.8 cm³/mol. The molecule has 1 aliphatic rings. The second kappa shape index (κ2) is 3.06. The van der Waals surface area contributed by atoms with Crippen LogP contribution in [-0.2, 0) is 9.53 Å². The fourth-order valence-electron chi connectivity index (χ4n) is 0.827. The van der Waals surface area contributed by atoms with E-state index in [0.717, 1.165) is 0 Å². The zero-order valence-electron chi connectivity index (χ0n) is 6.13. The molecule has 11 heavy (non-hydrogen) atoms. The van der Waals surface area contributed by atoms with E-state index in [2.05, 4.69) is 21.2 Å². The van der Waals surface area contributed by atoms with Gasteiger partial charge in [0.2, 0.25) is 0 Å². The number of hydrazone groups is 1. The second-order valence-electron chi connectivity index (χ2n) is 2.07. The van der Waals surface area contributed by atoms with Crippen molar-refractivity contribution < 1.29 is 9.53 Å². The summed E-state index contributed by atoms with van der Waals surface area (Å²) in [7, 11) is 1.30. The summed E-state index contributed by atoms with van der Waals surface area (Å²) in [5.74, 6) is 1.73. The van der Waals surface area contributed by atoms with Gasteiger partial charge in [0.05, 0.1) is 19.6 Å². The highest BCUT2D eigenvalue weighted by Crippen LogP contribution is 2.04. The van der Waals surface area contributed by atoms with Crippen molar-refractivity contribution in [2.24, 2.45) is 11.0 Å². The molecule has 0 saturated heterocycles. The molecule has 58 valence electrons. The fourth-order valence-corrected chi connectivity index (χ4v) is 0.827. The number of ether oxygens (including phenoxy) is 1. The molecule has 0 saturated carbocycles. The number of terminal acetylenes is 1. The molecule has 0 radical (unpaired) electrons. The van der Waals surface area contributed by atoms with E-state index in [4.69, 9.17) is 6.42 Å². The van der Waals surface area contributed by atoms with Gasteiger partial charge in [-0.15, -0.1) is 6.42 Å². The molecule has 1 N–H and O–H groups in total. The maximum atomic E-state index is 10.9. The molecule has 1 rings (SSSR count). The first-order valence-corrected chi connectivity index (χ1v) is 3.14. The van der Waals surface area contributed by atoms with Crippen LogP contribution < -0.4 is 5.43 Å². The number of esters is 1. The van der Waals surface area contributed by atoms with Gasteiger partial charge in [0.25, 0.3) is 0 Å². The van der Waals surface area contributed by atoms with Crippen LogP contribution in [0, 0.1) is 18.3 Å². The third-order valence-corrected chi connectivity index (χ3v) is 1.42. The van der Waals surface area contributed by atoms with E-state index in [1.54, 1.807) is 0 Å². The first kappa shape index (κ1) is 7.61. The van der Waals surface area contributed by atoms with Crippen molar-refractivity contribution in [2.75, 3.05) is 13.7 Å². The summed E-state index contributed by atoms with van der Waals surface area (Å²) in [5.41, 5.74) is 2.92. The molecule has 0 spiro atoms. The molecule has 1 atom stereocenters. The molecule has 1 unspecified atom stereocenters. The Balaban J connectivity index is 2.72. The van der Waals surface area contributed by atoms with Gasteiger partial charge in [-0.3, -0.25) is 0 Å².